The summed E-state index contributed by atoms with van der Waals surface area (Å²) in [5, 5.41) is 3.05. The molecule has 0 radical (unpaired) electrons. The highest BCUT2D eigenvalue weighted by Gasteiger charge is 2.25. The van der Waals surface area contributed by atoms with Crippen molar-refractivity contribution in [2.75, 3.05) is 6.54 Å². The van der Waals surface area contributed by atoms with E-state index in [1.54, 1.807) is 11.3 Å². The van der Waals surface area contributed by atoms with Crippen molar-refractivity contribution in [1.82, 2.24) is 10.2 Å². The molecule has 23 heavy (non-hydrogen) atoms. The summed E-state index contributed by atoms with van der Waals surface area (Å²) >= 11 is 1.65. The summed E-state index contributed by atoms with van der Waals surface area (Å²) in [5.74, 6) is 0.0774. The number of hydrogen-bond donors (Lipinski definition) is 1. The van der Waals surface area contributed by atoms with Crippen LogP contribution in [0, 0.1) is 0 Å². The molecule has 0 saturated heterocycles. The molecule has 0 spiro atoms. The summed E-state index contributed by atoms with van der Waals surface area (Å²) in [6, 6.07) is 13.0. The smallest absolute Gasteiger partial charge is 0.261 e. The second kappa shape index (κ2) is 7.28. The Balaban J connectivity index is 1.46. The van der Waals surface area contributed by atoms with E-state index in [0.29, 0.717) is 6.04 Å². The maximum Gasteiger partial charge on any atom is 0.261 e. The molecule has 2 aromatic rings. The Labute approximate surface area is 142 Å². The first kappa shape index (κ1) is 16.2. The van der Waals surface area contributed by atoms with Crippen molar-refractivity contribution in [1.29, 1.82) is 0 Å². The molecule has 0 aliphatic carbocycles. The predicted octanol–water partition coefficient (Wildman–Crippen LogP) is 3.83. The van der Waals surface area contributed by atoms with Gasteiger partial charge in [0.2, 0.25) is 0 Å². The summed E-state index contributed by atoms with van der Waals surface area (Å²) in [5.41, 5.74) is 2.66. The van der Waals surface area contributed by atoms with E-state index in [0.717, 1.165) is 37.4 Å². The number of aryl methyl sites for hydroxylation is 1. The van der Waals surface area contributed by atoms with Crippen molar-refractivity contribution in [2.45, 2.75) is 45.8 Å². The maximum absolute atomic E-state index is 12.3. The van der Waals surface area contributed by atoms with Gasteiger partial charge in [-0.2, -0.15) is 0 Å². The van der Waals surface area contributed by atoms with Crippen molar-refractivity contribution < 1.29 is 4.79 Å². The highest BCUT2D eigenvalue weighted by atomic mass is 32.1. The first-order chi connectivity index (χ1) is 11.1. The van der Waals surface area contributed by atoms with E-state index < -0.39 is 0 Å². The minimum atomic E-state index is 0.0774. The molecule has 1 aromatic heterocycles. The standard InChI is InChI=1S/C19H24N2OS/c1-14(2)21-12-16-11-17(23-18(16)13-21)19(22)20-10-6-9-15-7-4-3-5-8-15/h3-5,7-8,11,14H,6,9-10,12-13H2,1-2H3,(H,20,22). The highest BCUT2D eigenvalue weighted by Crippen LogP contribution is 2.32. The topological polar surface area (TPSA) is 32.3 Å². The number of carbonyl (C=O) groups excluding carboxylic acids is 1. The monoisotopic (exact) mass is 328 g/mol. The lowest BCUT2D eigenvalue weighted by atomic mass is 10.1. The molecule has 2 heterocycles. The average molecular weight is 328 g/mol. The minimum absolute atomic E-state index is 0.0774. The molecule has 1 aliphatic heterocycles. The van der Waals surface area contributed by atoms with Gasteiger partial charge in [-0.1, -0.05) is 30.3 Å². The van der Waals surface area contributed by atoms with Crippen LogP contribution >= 0.6 is 11.3 Å². The van der Waals surface area contributed by atoms with E-state index >= 15 is 0 Å². The van der Waals surface area contributed by atoms with Crippen LogP contribution in [0.1, 0.15) is 45.9 Å². The summed E-state index contributed by atoms with van der Waals surface area (Å²) in [7, 11) is 0. The zero-order valence-corrected chi connectivity index (χ0v) is 14.7. The molecule has 4 heteroatoms. The molecular weight excluding hydrogens is 304 g/mol. The number of hydrogen-bond acceptors (Lipinski definition) is 3. The zero-order valence-electron chi connectivity index (χ0n) is 13.8. The minimum Gasteiger partial charge on any atom is -0.351 e. The van der Waals surface area contributed by atoms with Crippen molar-refractivity contribution >= 4 is 17.2 Å². The lowest BCUT2D eigenvalue weighted by Gasteiger charge is -2.19. The van der Waals surface area contributed by atoms with E-state index in [1.807, 2.05) is 6.07 Å². The number of nitrogens with zero attached hydrogens (tertiary/aromatic N) is 1. The molecule has 1 N–H and O–H groups in total. The quantitative estimate of drug-likeness (QED) is 0.817. The van der Waals surface area contributed by atoms with Gasteiger partial charge in [0.15, 0.2) is 0 Å². The SMILES string of the molecule is CC(C)N1Cc2cc(C(=O)NCCCc3ccccc3)sc2C1. The van der Waals surface area contributed by atoms with Gasteiger partial charge in [0.25, 0.3) is 5.91 Å². The summed E-state index contributed by atoms with van der Waals surface area (Å²) < 4.78 is 0. The summed E-state index contributed by atoms with van der Waals surface area (Å²) in [6.07, 6.45) is 1.98. The van der Waals surface area contributed by atoms with E-state index in [1.165, 1.54) is 16.0 Å². The number of thiophene rings is 1. The van der Waals surface area contributed by atoms with Crippen molar-refractivity contribution in [2.24, 2.45) is 0 Å². The molecular formula is C19H24N2OS. The van der Waals surface area contributed by atoms with Crippen LogP contribution in [-0.2, 0) is 19.5 Å². The van der Waals surface area contributed by atoms with Crippen LogP contribution in [0.4, 0.5) is 0 Å². The van der Waals surface area contributed by atoms with E-state index in [4.69, 9.17) is 0 Å². The average Bonchev–Trinajstić information content (AvgIpc) is 3.11. The fourth-order valence-electron chi connectivity index (χ4n) is 2.90. The number of nitrogens with one attached hydrogen (secondary N) is 1. The number of carbonyl (C=O) groups is 1. The van der Waals surface area contributed by atoms with E-state index in [-0.39, 0.29) is 5.91 Å². The summed E-state index contributed by atoms with van der Waals surface area (Å²) in [4.78, 5) is 16.9. The van der Waals surface area contributed by atoms with Crippen LogP contribution < -0.4 is 5.32 Å². The number of benzene rings is 1. The van der Waals surface area contributed by atoms with Gasteiger partial charge in [-0.05, 0) is 43.9 Å². The van der Waals surface area contributed by atoms with Crippen molar-refractivity contribution in [3.05, 3.63) is 57.3 Å². The maximum atomic E-state index is 12.3. The third kappa shape index (κ3) is 4.01. The van der Waals surface area contributed by atoms with Crippen LogP contribution in [0.2, 0.25) is 0 Å². The Hall–Kier alpha value is -1.65. The number of fused-ring (bicyclic) bond motifs is 1. The first-order valence-corrected chi connectivity index (χ1v) is 9.13. The Bertz CT molecular complexity index is 640. The highest BCUT2D eigenvalue weighted by molar-refractivity contribution is 7.14. The predicted molar refractivity (Wildman–Crippen MR) is 95.8 cm³/mol. The normalized spacial score (nSPS) is 14.2. The third-order valence-electron chi connectivity index (χ3n) is 4.34. The van der Waals surface area contributed by atoms with Gasteiger partial charge in [0, 0.05) is 30.6 Å². The Morgan fingerprint density at radius 2 is 2.04 bits per heavy atom. The van der Waals surface area contributed by atoms with Gasteiger partial charge in [-0.3, -0.25) is 9.69 Å². The second-order valence-electron chi connectivity index (χ2n) is 6.40. The number of amides is 1. The Morgan fingerprint density at radius 3 is 2.74 bits per heavy atom. The summed E-state index contributed by atoms with van der Waals surface area (Å²) in [6.45, 7) is 7.13. The van der Waals surface area contributed by atoms with Crippen LogP contribution in [0.3, 0.4) is 0 Å². The second-order valence-corrected chi connectivity index (χ2v) is 7.54. The fourth-order valence-corrected chi connectivity index (χ4v) is 4.01. The molecule has 0 bridgehead atoms. The zero-order chi connectivity index (χ0) is 16.2. The molecule has 1 amide bonds. The molecule has 3 nitrogen and oxygen atoms in total. The fraction of sp³-hybridized carbons (Fsp3) is 0.421. The van der Waals surface area contributed by atoms with Gasteiger partial charge >= 0.3 is 0 Å². The van der Waals surface area contributed by atoms with Gasteiger partial charge in [0.05, 0.1) is 4.88 Å². The van der Waals surface area contributed by atoms with E-state index in [9.17, 15) is 4.79 Å². The molecule has 1 aromatic carbocycles. The lowest BCUT2D eigenvalue weighted by Crippen LogP contribution is -2.25. The first-order valence-electron chi connectivity index (χ1n) is 8.31. The number of rotatable bonds is 6. The van der Waals surface area contributed by atoms with Crippen molar-refractivity contribution in [3.8, 4) is 0 Å². The van der Waals surface area contributed by atoms with Crippen LogP contribution in [0.25, 0.3) is 0 Å². The van der Waals surface area contributed by atoms with Gasteiger partial charge in [0.1, 0.15) is 0 Å². The molecule has 3 rings (SSSR count). The van der Waals surface area contributed by atoms with Gasteiger partial charge in [-0.25, -0.2) is 0 Å². The Morgan fingerprint density at radius 1 is 1.26 bits per heavy atom. The van der Waals surface area contributed by atoms with Crippen LogP contribution in [-0.4, -0.2) is 23.4 Å². The third-order valence-corrected chi connectivity index (χ3v) is 5.50. The molecule has 122 valence electrons. The molecule has 0 fully saturated rings. The van der Waals surface area contributed by atoms with Crippen LogP contribution in [0.5, 0.6) is 0 Å². The molecule has 1 aliphatic rings. The molecule has 0 saturated carbocycles. The Kier molecular flexibility index (Phi) is 5.13. The lowest BCUT2D eigenvalue weighted by molar-refractivity contribution is 0.0957. The van der Waals surface area contributed by atoms with Crippen LogP contribution in [0.15, 0.2) is 36.4 Å². The van der Waals surface area contributed by atoms with Gasteiger partial charge < -0.3 is 5.32 Å². The molecule has 0 atom stereocenters. The van der Waals surface area contributed by atoms with Crippen molar-refractivity contribution in [3.63, 3.8) is 0 Å². The van der Waals surface area contributed by atoms with Gasteiger partial charge in [-0.15, -0.1) is 11.3 Å². The van der Waals surface area contributed by atoms with E-state index in [2.05, 4.69) is 54.4 Å². The molecule has 0 unspecified atom stereocenters. The largest absolute Gasteiger partial charge is 0.351 e.